The van der Waals surface area contributed by atoms with Gasteiger partial charge in [0.1, 0.15) is 6.04 Å². The third-order valence-electron chi connectivity index (χ3n) is 4.24. The summed E-state index contributed by atoms with van der Waals surface area (Å²) in [7, 11) is 0. The van der Waals surface area contributed by atoms with Gasteiger partial charge in [-0.1, -0.05) is 48.0 Å². The number of hydrogen-bond acceptors (Lipinski definition) is 2. The molecule has 0 aromatic heterocycles. The molecule has 1 fully saturated rings. The second kappa shape index (κ2) is 6.24. The first-order chi connectivity index (χ1) is 11.1. The average Bonchev–Trinajstić information content (AvgIpc) is 2.55. The van der Waals surface area contributed by atoms with Crippen molar-refractivity contribution in [2.24, 2.45) is 0 Å². The van der Waals surface area contributed by atoms with Gasteiger partial charge in [-0.3, -0.25) is 9.59 Å². The third kappa shape index (κ3) is 2.97. The molecule has 2 aromatic carbocycles. The Balaban J connectivity index is 1.98. The van der Waals surface area contributed by atoms with E-state index in [9.17, 15) is 9.59 Å². The van der Waals surface area contributed by atoms with Gasteiger partial charge in [0.2, 0.25) is 5.91 Å². The Morgan fingerprint density at radius 1 is 1.09 bits per heavy atom. The van der Waals surface area contributed by atoms with Gasteiger partial charge in [-0.05, 0) is 31.0 Å². The molecule has 1 atom stereocenters. The molecule has 1 aliphatic rings. The molecule has 1 unspecified atom stereocenters. The Labute approximate surface area is 136 Å². The zero-order valence-electron chi connectivity index (χ0n) is 13.4. The van der Waals surface area contributed by atoms with E-state index in [1.807, 2.05) is 62.4 Å². The number of aryl methyl sites for hydroxylation is 2. The van der Waals surface area contributed by atoms with E-state index in [0.29, 0.717) is 18.7 Å². The Morgan fingerprint density at radius 2 is 1.78 bits per heavy atom. The number of carbonyl (C=O) groups is 2. The minimum Gasteiger partial charge on any atom is -0.352 e. The van der Waals surface area contributed by atoms with Crippen LogP contribution in [0.2, 0.25) is 0 Å². The van der Waals surface area contributed by atoms with Crippen LogP contribution in [0.5, 0.6) is 0 Å². The van der Waals surface area contributed by atoms with Gasteiger partial charge in [0.25, 0.3) is 5.91 Å². The maximum absolute atomic E-state index is 13.0. The second-order valence-electron chi connectivity index (χ2n) is 5.92. The van der Waals surface area contributed by atoms with Crippen LogP contribution in [-0.2, 0) is 4.79 Å². The number of amides is 2. The van der Waals surface area contributed by atoms with Crippen molar-refractivity contribution in [3.63, 3.8) is 0 Å². The average molecular weight is 308 g/mol. The van der Waals surface area contributed by atoms with Crippen LogP contribution < -0.4 is 5.32 Å². The van der Waals surface area contributed by atoms with Gasteiger partial charge in [-0.2, -0.15) is 0 Å². The fraction of sp³-hybridized carbons (Fsp3) is 0.263. The number of hydrogen-bond donors (Lipinski definition) is 1. The van der Waals surface area contributed by atoms with E-state index in [1.165, 1.54) is 0 Å². The van der Waals surface area contributed by atoms with Gasteiger partial charge in [0.15, 0.2) is 0 Å². The Kier molecular flexibility index (Phi) is 4.15. The van der Waals surface area contributed by atoms with Gasteiger partial charge in [-0.25, -0.2) is 0 Å². The SMILES string of the molecule is Cc1ccc(C2C(=O)NCCN2C(=O)c2ccccc2C)cc1. The second-order valence-corrected chi connectivity index (χ2v) is 5.92. The number of piperazine rings is 1. The van der Waals surface area contributed by atoms with Crippen LogP contribution >= 0.6 is 0 Å². The van der Waals surface area contributed by atoms with Gasteiger partial charge < -0.3 is 10.2 Å². The first kappa shape index (κ1) is 15.3. The van der Waals surface area contributed by atoms with Crippen LogP contribution in [-0.4, -0.2) is 29.8 Å². The van der Waals surface area contributed by atoms with E-state index in [1.54, 1.807) is 4.90 Å². The maximum atomic E-state index is 13.0. The monoisotopic (exact) mass is 308 g/mol. The molecule has 2 aromatic rings. The topological polar surface area (TPSA) is 49.4 Å². The molecule has 1 N–H and O–H groups in total. The Bertz CT molecular complexity index is 737. The van der Waals surface area contributed by atoms with Gasteiger partial charge in [-0.15, -0.1) is 0 Å². The summed E-state index contributed by atoms with van der Waals surface area (Å²) in [4.78, 5) is 27.0. The number of carbonyl (C=O) groups excluding carboxylic acids is 2. The van der Waals surface area contributed by atoms with Crippen LogP contribution in [0.4, 0.5) is 0 Å². The van der Waals surface area contributed by atoms with E-state index >= 15 is 0 Å². The molecular formula is C19H20N2O2. The Hall–Kier alpha value is -2.62. The molecular weight excluding hydrogens is 288 g/mol. The van der Waals surface area contributed by atoms with Gasteiger partial charge >= 0.3 is 0 Å². The fourth-order valence-corrected chi connectivity index (χ4v) is 2.93. The summed E-state index contributed by atoms with van der Waals surface area (Å²) in [6.07, 6.45) is 0. The summed E-state index contributed by atoms with van der Waals surface area (Å²) in [5, 5.41) is 2.86. The quantitative estimate of drug-likeness (QED) is 0.927. The lowest BCUT2D eigenvalue weighted by Crippen LogP contribution is -2.52. The molecule has 1 aliphatic heterocycles. The van der Waals surface area contributed by atoms with Crippen LogP contribution in [0.25, 0.3) is 0 Å². The molecule has 1 heterocycles. The minimum absolute atomic E-state index is 0.0940. The lowest BCUT2D eigenvalue weighted by Gasteiger charge is -2.35. The zero-order chi connectivity index (χ0) is 16.4. The summed E-state index contributed by atoms with van der Waals surface area (Å²) in [5.41, 5.74) is 3.54. The van der Waals surface area contributed by atoms with Crippen molar-refractivity contribution in [3.05, 3.63) is 70.8 Å². The molecule has 0 spiro atoms. The van der Waals surface area contributed by atoms with Gasteiger partial charge in [0.05, 0.1) is 0 Å². The molecule has 2 amide bonds. The fourth-order valence-electron chi connectivity index (χ4n) is 2.93. The minimum atomic E-state index is -0.573. The molecule has 0 radical (unpaired) electrons. The first-order valence-electron chi connectivity index (χ1n) is 7.79. The normalized spacial score (nSPS) is 17.7. The molecule has 118 valence electrons. The summed E-state index contributed by atoms with van der Waals surface area (Å²) in [6.45, 7) is 4.91. The predicted octanol–water partition coefficient (Wildman–Crippen LogP) is 2.62. The maximum Gasteiger partial charge on any atom is 0.255 e. The van der Waals surface area contributed by atoms with Crippen molar-refractivity contribution in [1.29, 1.82) is 0 Å². The van der Waals surface area contributed by atoms with Crippen molar-refractivity contribution in [2.75, 3.05) is 13.1 Å². The van der Waals surface area contributed by atoms with Gasteiger partial charge in [0, 0.05) is 18.7 Å². The van der Waals surface area contributed by atoms with Crippen molar-refractivity contribution >= 4 is 11.8 Å². The van der Waals surface area contributed by atoms with Crippen molar-refractivity contribution in [2.45, 2.75) is 19.9 Å². The number of rotatable bonds is 2. The molecule has 0 bridgehead atoms. The summed E-state index contributed by atoms with van der Waals surface area (Å²) in [5.74, 6) is -0.217. The van der Waals surface area contributed by atoms with E-state index in [2.05, 4.69) is 5.32 Å². The molecule has 0 saturated carbocycles. The number of benzene rings is 2. The molecule has 3 rings (SSSR count). The lowest BCUT2D eigenvalue weighted by atomic mass is 9.99. The molecule has 4 heteroatoms. The summed E-state index contributed by atoms with van der Waals surface area (Å²) in [6, 6.07) is 14.7. The zero-order valence-corrected chi connectivity index (χ0v) is 13.4. The molecule has 4 nitrogen and oxygen atoms in total. The van der Waals surface area contributed by atoms with Crippen LogP contribution in [0.15, 0.2) is 48.5 Å². The third-order valence-corrected chi connectivity index (χ3v) is 4.24. The number of nitrogens with one attached hydrogen (secondary N) is 1. The van der Waals surface area contributed by atoms with E-state index in [0.717, 1.165) is 16.7 Å². The largest absolute Gasteiger partial charge is 0.352 e. The van der Waals surface area contributed by atoms with Crippen LogP contribution in [0, 0.1) is 13.8 Å². The molecule has 1 saturated heterocycles. The standard InChI is InChI=1S/C19H20N2O2/c1-13-7-9-15(10-8-13)17-18(22)20-11-12-21(17)19(23)16-6-4-3-5-14(16)2/h3-10,17H,11-12H2,1-2H3,(H,20,22). The first-order valence-corrected chi connectivity index (χ1v) is 7.79. The van der Waals surface area contributed by atoms with Crippen molar-refractivity contribution < 1.29 is 9.59 Å². The summed E-state index contributed by atoms with van der Waals surface area (Å²) >= 11 is 0. The van der Waals surface area contributed by atoms with Crippen molar-refractivity contribution in [3.8, 4) is 0 Å². The highest BCUT2D eigenvalue weighted by atomic mass is 16.2. The Morgan fingerprint density at radius 3 is 2.48 bits per heavy atom. The van der Waals surface area contributed by atoms with Crippen LogP contribution in [0.1, 0.15) is 33.1 Å². The van der Waals surface area contributed by atoms with E-state index in [4.69, 9.17) is 0 Å². The summed E-state index contributed by atoms with van der Waals surface area (Å²) < 4.78 is 0. The lowest BCUT2D eigenvalue weighted by molar-refractivity contribution is -0.128. The molecule has 23 heavy (non-hydrogen) atoms. The van der Waals surface area contributed by atoms with Crippen LogP contribution in [0.3, 0.4) is 0 Å². The highest BCUT2D eigenvalue weighted by Crippen LogP contribution is 2.26. The smallest absolute Gasteiger partial charge is 0.255 e. The highest BCUT2D eigenvalue weighted by molar-refractivity contribution is 5.99. The predicted molar refractivity (Wildman–Crippen MR) is 89.1 cm³/mol. The highest BCUT2D eigenvalue weighted by Gasteiger charge is 2.35. The molecule has 0 aliphatic carbocycles. The van der Waals surface area contributed by atoms with E-state index in [-0.39, 0.29) is 11.8 Å². The number of nitrogens with zero attached hydrogens (tertiary/aromatic N) is 1. The van der Waals surface area contributed by atoms with E-state index < -0.39 is 6.04 Å². The van der Waals surface area contributed by atoms with Crippen molar-refractivity contribution in [1.82, 2.24) is 10.2 Å².